The minimum Gasteiger partial charge on any atom is -0.462 e. The summed E-state index contributed by atoms with van der Waals surface area (Å²) >= 11 is 0. The van der Waals surface area contributed by atoms with E-state index in [4.69, 9.17) is 4.74 Å². The minimum absolute atomic E-state index is 0.0224. The Labute approximate surface area is 147 Å². The molecule has 0 radical (unpaired) electrons. The first-order chi connectivity index (χ1) is 12.1. The predicted molar refractivity (Wildman–Crippen MR) is 93.6 cm³/mol. The third-order valence-electron chi connectivity index (χ3n) is 3.69. The fourth-order valence-corrected chi connectivity index (χ4v) is 2.28. The van der Waals surface area contributed by atoms with Gasteiger partial charge in [-0.3, -0.25) is 4.79 Å². The third-order valence-corrected chi connectivity index (χ3v) is 3.69. The molecule has 0 aliphatic rings. The van der Waals surface area contributed by atoms with Crippen LogP contribution in [0.15, 0.2) is 48.5 Å². The van der Waals surface area contributed by atoms with Gasteiger partial charge < -0.3 is 10.1 Å². The van der Waals surface area contributed by atoms with Crippen molar-refractivity contribution in [2.24, 2.45) is 0 Å². The van der Waals surface area contributed by atoms with E-state index in [-0.39, 0.29) is 24.8 Å². The van der Waals surface area contributed by atoms with Gasteiger partial charge in [0, 0.05) is 6.54 Å². The molecule has 0 saturated heterocycles. The molecule has 0 aliphatic heterocycles. The second kappa shape index (κ2) is 9.57. The maximum Gasteiger partial charge on any atom is 0.338 e. The number of unbranched alkanes of at least 4 members (excludes halogenated alkanes) is 1. The highest BCUT2D eigenvalue weighted by Gasteiger charge is 2.10. The maximum atomic E-state index is 13.6. The summed E-state index contributed by atoms with van der Waals surface area (Å²) < 4.78 is 18.7. The Morgan fingerprint density at radius 2 is 1.92 bits per heavy atom. The Hall–Kier alpha value is -2.69. The molecule has 5 heteroatoms. The number of esters is 1. The van der Waals surface area contributed by atoms with E-state index in [1.54, 1.807) is 36.4 Å². The Kier molecular flexibility index (Phi) is 7.14. The molecule has 1 N–H and O–H groups in total. The van der Waals surface area contributed by atoms with Crippen LogP contribution in [0, 0.1) is 5.82 Å². The molecule has 0 spiro atoms. The van der Waals surface area contributed by atoms with Gasteiger partial charge in [-0.15, -0.1) is 0 Å². The van der Waals surface area contributed by atoms with Gasteiger partial charge in [0.2, 0.25) is 5.91 Å². The maximum absolute atomic E-state index is 13.6. The van der Waals surface area contributed by atoms with Gasteiger partial charge in [-0.2, -0.15) is 0 Å². The van der Waals surface area contributed by atoms with Gasteiger partial charge in [0.05, 0.1) is 18.6 Å². The number of hydrogen-bond acceptors (Lipinski definition) is 3. The summed E-state index contributed by atoms with van der Waals surface area (Å²) in [6, 6.07) is 13.1. The normalized spacial score (nSPS) is 10.3. The lowest BCUT2D eigenvalue weighted by molar-refractivity contribution is -0.120. The molecule has 0 aliphatic carbocycles. The molecular formula is C20H22FNO3. The van der Waals surface area contributed by atoms with E-state index in [9.17, 15) is 14.0 Å². The molecule has 0 atom stereocenters. The molecular weight excluding hydrogens is 321 g/mol. The van der Waals surface area contributed by atoms with Gasteiger partial charge in [0.25, 0.3) is 0 Å². The van der Waals surface area contributed by atoms with Crippen LogP contribution in [-0.4, -0.2) is 18.5 Å². The number of hydrogen-bond donors (Lipinski definition) is 1. The van der Waals surface area contributed by atoms with E-state index in [1.165, 1.54) is 6.07 Å². The number of rotatable bonds is 8. The molecule has 0 fully saturated rings. The monoisotopic (exact) mass is 343 g/mol. The molecule has 0 heterocycles. The Morgan fingerprint density at radius 3 is 2.68 bits per heavy atom. The largest absolute Gasteiger partial charge is 0.462 e. The van der Waals surface area contributed by atoms with Crippen LogP contribution in [0.2, 0.25) is 0 Å². The average molecular weight is 343 g/mol. The van der Waals surface area contributed by atoms with Crippen molar-refractivity contribution in [3.05, 3.63) is 71.0 Å². The molecule has 0 saturated carbocycles. The zero-order valence-electron chi connectivity index (χ0n) is 14.3. The van der Waals surface area contributed by atoms with E-state index in [1.807, 2.05) is 13.0 Å². The molecule has 0 bridgehead atoms. The lowest BCUT2D eigenvalue weighted by Gasteiger charge is -2.08. The molecule has 2 aromatic carbocycles. The van der Waals surface area contributed by atoms with Crippen LogP contribution in [0.25, 0.3) is 0 Å². The molecule has 25 heavy (non-hydrogen) atoms. The van der Waals surface area contributed by atoms with Gasteiger partial charge in [0.1, 0.15) is 5.82 Å². The highest BCUT2D eigenvalue weighted by molar-refractivity contribution is 5.89. The summed E-state index contributed by atoms with van der Waals surface area (Å²) in [6.07, 6.45) is 1.77. The van der Waals surface area contributed by atoms with Crippen LogP contribution in [0.5, 0.6) is 0 Å². The van der Waals surface area contributed by atoms with E-state index in [2.05, 4.69) is 5.32 Å². The van der Waals surface area contributed by atoms with E-state index in [0.29, 0.717) is 17.7 Å². The van der Waals surface area contributed by atoms with Crippen LogP contribution in [0.4, 0.5) is 4.39 Å². The number of nitrogens with one attached hydrogen (secondary N) is 1. The first-order valence-electron chi connectivity index (χ1n) is 8.36. The number of carbonyl (C=O) groups excluding carboxylic acids is 2. The van der Waals surface area contributed by atoms with Crippen LogP contribution >= 0.6 is 0 Å². The Balaban J connectivity index is 1.88. The summed E-state index contributed by atoms with van der Waals surface area (Å²) in [4.78, 5) is 23.9. The van der Waals surface area contributed by atoms with Gasteiger partial charge in [-0.1, -0.05) is 43.7 Å². The summed E-state index contributed by atoms with van der Waals surface area (Å²) in [7, 11) is 0. The fraction of sp³-hybridized carbons (Fsp3) is 0.300. The van der Waals surface area contributed by atoms with Crippen LogP contribution in [-0.2, 0) is 22.5 Å². The number of carbonyl (C=O) groups is 2. The first-order valence-corrected chi connectivity index (χ1v) is 8.36. The lowest BCUT2D eigenvalue weighted by Crippen LogP contribution is -2.25. The van der Waals surface area contributed by atoms with Crippen molar-refractivity contribution < 1.29 is 18.7 Å². The van der Waals surface area contributed by atoms with Crippen LogP contribution in [0.3, 0.4) is 0 Å². The van der Waals surface area contributed by atoms with Gasteiger partial charge >= 0.3 is 5.97 Å². The number of halogens is 1. The molecule has 1 amide bonds. The van der Waals surface area contributed by atoms with Gasteiger partial charge in [-0.25, -0.2) is 9.18 Å². The van der Waals surface area contributed by atoms with Crippen LogP contribution in [0.1, 0.15) is 41.3 Å². The van der Waals surface area contributed by atoms with Crippen molar-refractivity contribution in [3.63, 3.8) is 0 Å². The summed E-state index contributed by atoms with van der Waals surface area (Å²) in [5.41, 5.74) is 1.59. The van der Waals surface area contributed by atoms with Crippen molar-refractivity contribution in [3.8, 4) is 0 Å². The second-order valence-electron chi connectivity index (χ2n) is 5.73. The summed E-state index contributed by atoms with van der Waals surface area (Å²) in [6.45, 7) is 2.70. The topological polar surface area (TPSA) is 55.4 Å². The smallest absolute Gasteiger partial charge is 0.338 e. The Bertz CT molecular complexity index is 730. The standard InChI is InChI=1S/C20H22FNO3/c1-2-3-11-25-20(24)17-9-6-7-15(12-17)14-22-19(23)13-16-8-4-5-10-18(16)21/h4-10,12H,2-3,11,13-14H2,1H3,(H,22,23). The van der Waals surface area contributed by atoms with Crippen LogP contribution < -0.4 is 5.32 Å². The first kappa shape index (κ1) is 18.6. The van der Waals surface area contributed by atoms with Gasteiger partial charge in [0.15, 0.2) is 0 Å². The lowest BCUT2D eigenvalue weighted by atomic mass is 10.1. The highest BCUT2D eigenvalue weighted by atomic mass is 19.1. The van der Waals surface area contributed by atoms with E-state index >= 15 is 0 Å². The van der Waals surface area contributed by atoms with E-state index < -0.39 is 5.82 Å². The number of ether oxygens (including phenoxy) is 1. The Morgan fingerprint density at radius 1 is 1.12 bits per heavy atom. The SMILES string of the molecule is CCCCOC(=O)c1cccc(CNC(=O)Cc2ccccc2F)c1. The van der Waals surface area contributed by atoms with Crippen molar-refractivity contribution in [1.29, 1.82) is 0 Å². The summed E-state index contributed by atoms with van der Waals surface area (Å²) in [5.74, 6) is -1.04. The van der Waals surface area contributed by atoms with Gasteiger partial charge in [-0.05, 0) is 35.7 Å². The van der Waals surface area contributed by atoms with Crippen molar-refractivity contribution in [1.82, 2.24) is 5.32 Å². The van der Waals surface area contributed by atoms with Crippen molar-refractivity contribution >= 4 is 11.9 Å². The van der Waals surface area contributed by atoms with Crippen molar-refractivity contribution in [2.45, 2.75) is 32.7 Å². The zero-order valence-corrected chi connectivity index (χ0v) is 14.3. The second-order valence-corrected chi connectivity index (χ2v) is 5.73. The molecule has 4 nitrogen and oxygen atoms in total. The third kappa shape index (κ3) is 6.03. The molecule has 0 aromatic heterocycles. The van der Waals surface area contributed by atoms with Crippen molar-refractivity contribution in [2.75, 3.05) is 6.61 Å². The predicted octanol–water partition coefficient (Wildman–Crippen LogP) is 3.64. The number of amides is 1. The molecule has 132 valence electrons. The average Bonchev–Trinajstić information content (AvgIpc) is 2.62. The number of benzene rings is 2. The fourth-order valence-electron chi connectivity index (χ4n) is 2.28. The molecule has 2 aromatic rings. The zero-order chi connectivity index (χ0) is 18.1. The summed E-state index contributed by atoms with van der Waals surface area (Å²) in [5, 5.41) is 2.74. The minimum atomic E-state index is -0.394. The molecule has 0 unspecified atom stereocenters. The highest BCUT2D eigenvalue weighted by Crippen LogP contribution is 2.09. The van der Waals surface area contributed by atoms with E-state index in [0.717, 1.165) is 18.4 Å². The molecule has 2 rings (SSSR count). The quantitative estimate of drug-likeness (QED) is 0.588.